The molecular weight excluding hydrogens is 506 g/mol. The molecule has 1 aliphatic heterocycles. The normalized spacial score (nSPS) is 15.7. The molecule has 0 bridgehead atoms. The number of imidazole rings is 1. The van der Waals surface area contributed by atoms with Crippen LogP contribution in [0.4, 0.5) is 0 Å². The Morgan fingerprint density at radius 3 is 2.45 bits per heavy atom. The van der Waals surface area contributed by atoms with Crippen LogP contribution in [0.25, 0.3) is 11.0 Å². The molecule has 1 atom stereocenters. The third-order valence-corrected chi connectivity index (χ3v) is 7.23. The van der Waals surface area contributed by atoms with Crippen molar-refractivity contribution in [2.24, 2.45) is 0 Å². The smallest absolute Gasteiger partial charge is 0.242 e. The van der Waals surface area contributed by atoms with Crippen molar-refractivity contribution in [3.8, 4) is 0 Å². The number of carbonyl (C=O) groups is 1. The number of hydrogen-bond donors (Lipinski definition) is 1. The molecule has 3 aromatic rings. The molecule has 0 aliphatic carbocycles. The average Bonchev–Trinajstić information content (AvgIpc) is 3.13. The zero-order chi connectivity index (χ0) is 23.5. The van der Waals surface area contributed by atoms with E-state index < -0.39 is 6.04 Å². The van der Waals surface area contributed by atoms with Crippen LogP contribution in [0.1, 0.15) is 24.4 Å². The summed E-state index contributed by atoms with van der Waals surface area (Å²) < 4.78 is 7.25. The van der Waals surface area contributed by atoms with Gasteiger partial charge in [0.2, 0.25) is 5.91 Å². The zero-order valence-corrected chi connectivity index (χ0v) is 21.1. The topological polar surface area (TPSA) is 59.4 Å². The van der Waals surface area contributed by atoms with E-state index in [4.69, 9.17) is 56.1 Å². The van der Waals surface area contributed by atoms with Crippen LogP contribution < -0.4 is 5.32 Å². The van der Waals surface area contributed by atoms with Gasteiger partial charge in [0, 0.05) is 42.6 Å². The van der Waals surface area contributed by atoms with Crippen LogP contribution in [-0.2, 0) is 16.0 Å². The summed E-state index contributed by atoms with van der Waals surface area (Å²) in [5, 5.41) is 4.92. The lowest BCUT2D eigenvalue weighted by atomic mass is 10.1. The molecule has 0 radical (unpaired) electrons. The largest absolute Gasteiger partial charge is 0.379 e. The predicted octanol–water partition coefficient (Wildman–Crippen LogP) is 5.25. The van der Waals surface area contributed by atoms with E-state index in [0.717, 1.165) is 43.9 Å². The lowest BCUT2D eigenvalue weighted by Crippen LogP contribution is -2.42. The highest BCUT2D eigenvalue weighted by Crippen LogP contribution is 2.33. The van der Waals surface area contributed by atoms with Crippen molar-refractivity contribution in [1.29, 1.82) is 0 Å². The molecule has 1 N–H and O–H groups in total. The van der Waals surface area contributed by atoms with E-state index in [-0.39, 0.29) is 5.91 Å². The summed E-state index contributed by atoms with van der Waals surface area (Å²) in [7, 11) is 0. The second kappa shape index (κ2) is 10.8. The van der Waals surface area contributed by atoms with Crippen LogP contribution in [0.3, 0.4) is 0 Å². The summed E-state index contributed by atoms with van der Waals surface area (Å²) in [6.45, 7) is 6.36. The number of rotatable bonds is 7. The number of ether oxygens (including phenoxy) is 1. The van der Waals surface area contributed by atoms with E-state index in [1.165, 1.54) is 0 Å². The standard InChI is InChI=1S/C23H24Cl4N4O2/c1-14(23(32)28-5-6-30-7-9-33-10-8-30)31-21-13-19(27)18(26)12-20(21)29-22(31)11-15-16(24)3-2-4-17(15)25/h2-4,12-14H,5-11H2,1H3,(H,28,32)/t14-/m0/s1. The number of halogens is 4. The van der Waals surface area contributed by atoms with Crippen molar-refractivity contribution >= 4 is 63.3 Å². The summed E-state index contributed by atoms with van der Waals surface area (Å²) in [5.41, 5.74) is 2.11. The van der Waals surface area contributed by atoms with Crippen LogP contribution in [0.15, 0.2) is 30.3 Å². The minimum Gasteiger partial charge on any atom is -0.379 e. The molecule has 2 aromatic carbocycles. The summed E-state index contributed by atoms with van der Waals surface area (Å²) >= 11 is 25.3. The number of amides is 1. The van der Waals surface area contributed by atoms with Crippen LogP contribution in [0.2, 0.25) is 20.1 Å². The van der Waals surface area contributed by atoms with Gasteiger partial charge in [-0.3, -0.25) is 9.69 Å². The van der Waals surface area contributed by atoms with E-state index in [1.54, 1.807) is 30.3 Å². The van der Waals surface area contributed by atoms with Crippen molar-refractivity contribution < 1.29 is 9.53 Å². The van der Waals surface area contributed by atoms with E-state index >= 15 is 0 Å². The van der Waals surface area contributed by atoms with Crippen molar-refractivity contribution in [3.05, 3.63) is 61.8 Å². The quantitative estimate of drug-likeness (QED) is 0.454. The van der Waals surface area contributed by atoms with E-state index in [2.05, 4.69) is 10.2 Å². The van der Waals surface area contributed by atoms with Gasteiger partial charge in [-0.15, -0.1) is 0 Å². The van der Waals surface area contributed by atoms with Crippen molar-refractivity contribution in [2.75, 3.05) is 39.4 Å². The lowest BCUT2D eigenvalue weighted by Gasteiger charge is -2.27. The summed E-state index contributed by atoms with van der Waals surface area (Å²) in [4.78, 5) is 20.1. The second-order valence-electron chi connectivity index (χ2n) is 7.95. The number of benzene rings is 2. The number of aromatic nitrogens is 2. The van der Waals surface area contributed by atoms with Gasteiger partial charge in [-0.1, -0.05) is 52.5 Å². The third-order valence-electron chi connectivity index (χ3n) is 5.80. The summed E-state index contributed by atoms with van der Waals surface area (Å²) in [5.74, 6) is 0.536. The molecule has 1 fully saturated rings. The molecule has 6 nitrogen and oxygen atoms in total. The van der Waals surface area contributed by atoms with Gasteiger partial charge in [-0.2, -0.15) is 0 Å². The van der Waals surface area contributed by atoms with Crippen LogP contribution >= 0.6 is 46.4 Å². The molecule has 0 spiro atoms. The Balaban J connectivity index is 1.61. The van der Waals surface area contributed by atoms with Crippen molar-refractivity contribution in [1.82, 2.24) is 19.8 Å². The van der Waals surface area contributed by atoms with Crippen LogP contribution in [0.5, 0.6) is 0 Å². The van der Waals surface area contributed by atoms with Gasteiger partial charge in [0.05, 0.1) is 34.3 Å². The molecule has 1 aliphatic rings. The fourth-order valence-corrected chi connectivity index (χ4v) is 4.83. The Hall–Kier alpha value is -1.54. The molecule has 0 saturated carbocycles. The number of nitrogens with one attached hydrogen (secondary N) is 1. The second-order valence-corrected chi connectivity index (χ2v) is 9.58. The zero-order valence-electron chi connectivity index (χ0n) is 18.1. The van der Waals surface area contributed by atoms with Crippen molar-refractivity contribution in [3.63, 3.8) is 0 Å². The molecule has 1 amide bonds. The van der Waals surface area contributed by atoms with Gasteiger partial charge in [0.25, 0.3) is 0 Å². The highest BCUT2D eigenvalue weighted by Gasteiger charge is 2.24. The predicted molar refractivity (Wildman–Crippen MR) is 134 cm³/mol. The number of carbonyl (C=O) groups excluding carboxylic acids is 1. The minimum absolute atomic E-state index is 0.111. The SMILES string of the molecule is C[C@@H](C(=O)NCCN1CCOCC1)n1c(Cc2c(Cl)cccc2Cl)nc2cc(Cl)c(Cl)cc21. The lowest BCUT2D eigenvalue weighted by molar-refractivity contribution is -0.123. The highest BCUT2D eigenvalue weighted by atomic mass is 35.5. The molecule has 176 valence electrons. The fourth-order valence-electron chi connectivity index (χ4n) is 3.98. The maximum atomic E-state index is 13.1. The molecule has 1 aromatic heterocycles. The maximum Gasteiger partial charge on any atom is 0.242 e. The van der Waals surface area contributed by atoms with Gasteiger partial charge in [0.15, 0.2) is 0 Å². The van der Waals surface area contributed by atoms with E-state index in [1.807, 2.05) is 11.5 Å². The van der Waals surface area contributed by atoms with Gasteiger partial charge >= 0.3 is 0 Å². The monoisotopic (exact) mass is 528 g/mol. The Morgan fingerprint density at radius 1 is 1.09 bits per heavy atom. The van der Waals surface area contributed by atoms with Gasteiger partial charge in [-0.05, 0) is 36.8 Å². The van der Waals surface area contributed by atoms with Crippen LogP contribution in [-0.4, -0.2) is 59.8 Å². The first-order chi connectivity index (χ1) is 15.8. The van der Waals surface area contributed by atoms with Gasteiger partial charge in [-0.25, -0.2) is 4.98 Å². The first-order valence-electron chi connectivity index (χ1n) is 10.7. The molecule has 1 saturated heterocycles. The van der Waals surface area contributed by atoms with Crippen LogP contribution in [0, 0.1) is 0 Å². The van der Waals surface area contributed by atoms with E-state index in [9.17, 15) is 4.79 Å². The number of morpholine rings is 1. The maximum absolute atomic E-state index is 13.1. The Kier molecular flexibility index (Phi) is 8.05. The summed E-state index contributed by atoms with van der Waals surface area (Å²) in [6, 6.07) is 8.27. The van der Waals surface area contributed by atoms with Gasteiger partial charge in [0.1, 0.15) is 11.9 Å². The van der Waals surface area contributed by atoms with Crippen molar-refractivity contribution in [2.45, 2.75) is 19.4 Å². The Morgan fingerprint density at radius 2 is 1.76 bits per heavy atom. The first kappa shape index (κ1) is 24.6. The van der Waals surface area contributed by atoms with Gasteiger partial charge < -0.3 is 14.6 Å². The Bertz CT molecular complexity index is 1140. The Labute approximate surface area is 212 Å². The summed E-state index contributed by atoms with van der Waals surface area (Å²) in [6.07, 6.45) is 0.355. The van der Waals surface area contributed by atoms with E-state index in [0.29, 0.717) is 44.4 Å². The molecule has 0 unspecified atom stereocenters. The molecule has 2 heterocycles. The number of hydrogen-bond acceptors (Lipinski definition) is 4. The third kappa shape index (κ3) is 5.59. The average molecular weight is 530 g/mol. The molecule has 10 heteroatoms. The molecular formula is C23H24Cl4N4O2. The minimum atomic E-state index is -0.534. The fraction of sp³-hybridized carbons (Fsp3) is 0.391. The molecule has 4 rings (SSSR count). The number of fused-ring (bicyclic) bond motifs is 1. The highest BCUT2D eigenvalue weighted by molar-refractivity contribution is 6.42. The number of nitrogens with zero attached hydrogens (tertiary/aromatic N) is 3. The first-order valence-corrected chi connectivity index (χ1v) is 12.2. The molecule has 33 heavy (non-hydrogen) atoms.